The molecule has 1 atom stereocenters. The second-order valence-corrected chi connectivity index (χ2v) is 9.66. The number of aryl methyl sites for hydroxylation is 1. The van der Waals surface area contributed by atoms with E-state index in [1.54, 1.807) is 0 Å². The van der Waals surface area contributed by atoms with Gasteiger partial charge in [-0.3, -0.25) is 9.69 Å². The highest BCUT2D eigenvalue weighted by molar-refractivity contribution is 5.71. The average molecular weight is 453 g/mol. The first kappa shape index (κ1) is 23.0. The lowest BCUT2D eigenvalue weighted by Crippen LogP contribution is -2.47. The van der Waals surface area contributed by atoms with Gasteiger partial charge in [0, 0.05) is 29.6 Å². The number of carbonyl (C=O) groups is 1. The Hall–Kier alpha value is -2.16. The number of alkyl halides is 3. The number of ether oxygens (including phenoxy) is 1. The van der Waals surface area contributed by atoms with Gasteiger partial charge in [-0.15, -0.1) is 0 Å². The van der Waals surface area contributed by atoms with E-state index in [0.29, 0.717) is 19.4 Å². The molecule has 0 bridgehead atoms. The molecule has 2 aromatic rings. The zero-order valence-electron chi connectivity index (χ0n) is 18.9. The first-order valence-corrected chi connectivity index (χ1v) is 11.3. The third-order valence-corrected chi connectivity index (χ3v) is 7.16. The number of likely N-dealkylation sites (tertiary alicyclic amines) is 1. The van der Waals surface area contributed by atoms with Crippen molar-refractivity contribution in [3.05, 3.63) is 29.2 Å². The van der Waals surface area contributed by atoms with Gasteiger partial charge in [-0.05, 0) is 58.1 Å². The number of rotatable bonds is 4. The van der Waals surface area contributed by atoms with Crippen molar-refractivity contribution < 1.29 is 22.7 Å². The van der Waals surface area contributed by atoms with Crippen molar-refractivity contribution in [2.24, 2.45) is 5.92 Å². The average Bonchev–Trinajstić information content (AvgIpc) is 3.16. The van der Waals surface area contributed by atoms with Gasteiger partial charge in [0.05, 0.1) is 31.0 Å². The lowest BCUT2D eigenvalue weighted by molar-refractivity contribution is -0.182. The number of carbonyl (C=O) groups excluding carboxylic acids is 1. The molecule has 0 unspecified atom stereocenters. The van der Waals surface area contributed by atoms with Crippen LogP contribution in [0.2, 0.25) is 0 Å². The van der Waals surface area contributed by atoms with Crippen LogP contribution >= 0.6 is 0 Å². The van der Waals surface area contributed by atoms with Gasteiger partial charge in [-0.2, -0.15) is 18.3 Å². The highest BCUT2D eigenvalue weighted by Gasteiger charge is 2.42. The van der Waals surface area contributed by atoms with E-state index >= 15 is 0 Å². The summed E-state index contributed by atoms with van der Waals surface area (Å²) in [6.45, 7) is 5.92. The Morgan fingerprint density at radius 1 is 1.25 bits per heavy atom. The van der Waals surface area contributed by atoms with Crippen molar-refractivity contribution in [1.29, 1.82) is 0 Å². The van der Waals surface area contributed by atoms with Gasteiger partial charge in [0.1, 0.15) is 0 Å². The Morgan fingerprint density at radius 3 is 2.62 bits per heavy atom. The van der Waals surface area contributed by atoms with Gasteiger partial charge in [0.25, 0.3) is 0 Å². The number of hydrogen-bond donors (Lipinski definition) is 0. The highest BCUT2D eigenvalue weighted by Crippen LogP contribution is 2.43. The van der Waals surface area contributed by atoms with Crippen LogP contribution in [0.5, 0.6) is 0 Å². The van der Waals surface area contributed by atoms with Gasteiger partial charge in [-0.25, -0.2) is 9.50 Å². The van der Waals surface area contributed by atoms with Gasteiger partial charge >= 0.3 is 12.1 Å². The smallest absolute Gasteiger partial charge is 0.391 e. The quantitative estimate of drug-likeness (QED) is 0.644. The number of esters is 1. The molecule has 4 rings (SSSR count). The fraction of sp³-hybridized carbons (Fsp3) is 0.696. The van der Waals surface area contributed by atoms with Crippen LogP contribution in [-0.2, 0) is 14.9 Å². The number of methoxy groups -OCH3 is 1. The second kappa shape index (κ2) is 8.65. The Labute approximate surface area is 186 Å². The van der Waals surface area contributed by atoms with Gasteiger partial charge < -0.3 is 4.74 Å². The number of nitrogens with zero attached hydrogens (tertiary/aromatic N) is 4. The van der Waals surface area contributed by atoms with Crippen LogP contribution < -0.4 is 0 Å². The zero-order chi connectivity index (χ0) is 23.1. The van der Waals surface area contributed by atoms with E-state index in [9.17, 15) is 18.0 Å². The summed E-state index contributed by atoms with van der Waals surface area (Å²) in [5, 5.41) is 4.85. The minimum Gasteiger partial charge on any atom is -0.468 e. The molecular formula is C23H31F3N4O2. The van der Waals surface area contributed by atoms with Crippen LogP contribution in [0.1, 0.15) is 68.4 Å². The molecule has 1 aliphatic carbocycles. The molecule has 3 heterocycles. The Morgan fingerprint density at radius 2 is 1.97 bits per heavy atom. The Balaban J connectivity index is 1.61. The number of hydrogen-bond acceptors (Lipinski definition) is 5. The molecule has 0 aromatic carbocycles. The monoisotopic (exact) mass is 452 g/mol. The zero-order valence-corrected chi connectivity index (χ0v) is 18.9. The van der Waals surface area contributed by atoms with Crippen LogP contribution in [0.25, 0.3) is 5.65 Å². The van der Waals surface area contributed by atoms with E-state index in [-0.39, 0.29) is 36.7 Å². The number of halogens is 3. The third-order valence-electron chi connectivity index (χ3n) is 7.16. The number of fused-ring (bicyclic) bond motifs is 1. The highest BCUT2D eigenvalue weighted by atomic mass is 19.4. The summed E-state index contributed by atoms with van der Waals surface area (Å²) in [7, 11) is 1.40. The summed E-state index contributed by atoms with van der Waals surface area (Å²) in [6, 6.07) is 3.99. The lowest BCUT2D eigenvalue weighted by Gasteiger charge is -2.40. The molecule has 9 heteroatoms. The normalized spacial score (nSPS) is 27.6. The maximum absolute atomic E-state index is 13.1. The third kappa shape index (κ3) is 4.63. The second-order valence-electron chi connectivity index (χ2n) is 9.66. The van der Waals surface area contributed by atoms with E-state index in [2.05, 4.69) is 16.8 Å². The van der Waals surface area contributed by atoms with Crippen molar-refractivity contribution in [3.63, 3.8) is 0 Å². The SMILES string of the molecule is COC(=O)CN1CCC[C@@](C)(c2cc(C)nc3cc([C@H]4CC[C@H](C(F)(F)F)CC4)nn23)C1. The number of piperidine rings is 1. The maximum Gasteiger partial charge on any atom is 0.391 e. The van der Waals surface area contributed by atoms with Crippen LogP contribution in [0.15, 0.2) is 12.1 Å². The molecular weight excluding hydrogens is 421 g/mol. The van der Waals surface area contributed by atoms with Crippen LogP contribution in [-0.4, -0.2) is 58.4 Å². The minimum atomic E-state index is -4.11. The summed E-state index contributed by atoms with van der Waals surface area (Å²) in [4.78, 5) is 18.6. The topological polar surface area (TPSA) is 59.7 Å². The van der Waals surface area contributed by atoms with Crippen LogP contribution in [0.4, 0.5) is 13.2 Å². The molecule has 6 nitrogen and oxygen atoms in total. The van der Waals surface area contributed by atoms with Crippen molar-refractivity contribution in [3.8, 4) is 0 Å². The lowest BCUT2D eigenvalue weighted by atomic mass is 9.78. The minimum absolute atomic E-state index is 0.0263. The van der Waals surface area contributed by atoms with E-state index in [1.165, 1.54) is 7.11 Å². The van der Waals surface area contributed by atoms with E-state index in [0.717, 1.165) is 42.1 Å². The summed E-state index contributed by atoms with van der Waals surface area (Å²) in [6.07, 6.45) is -0.912. The molecule has 0 N–H and O–H groups in total. The van der Waals surface area contributed by atoms with Crippen molar-refractivity contribution in [1.82, 2.24) is 19.5 Å². The molecule has 1 saturated heterocycles. The molecule has 1 aliphatic heterocycles. The van der Waals surface area contributed by atoms with Crippen LogP contribution in [0.3, 0.4) is 0 Å². The van der Waals surface area contributed by atoms with E-state index < -0.39 is 12.1 Å². The van der Waals surface area contributed by atoms with Gasteiger partial charge in [-0.1, -0.05) is 6.92 Å². The molecule has 32 heavy (non-hydrogen) atoms. The Kier molecular flexibility index (Phi) is 6.22. The van der Waals surface area contributed by atoms with Crippen LogP contribution in [0, 0.1) is 12.8 Å². The molecule has 2 fully saturated rings. The molecule has 1 saturated carbocycles. The van der Waals surface area contributed by atoms with Crippen molar-refractivity contribution >= 4 is 11.6 Å². The fourth-order valence-electron chi connectivity index (χ4n) is 5.40. The first-order valence-electron chi connectivity index (χ1n) is 11.3. The van der Waals surface area contributed by atoms with E-state index in [4.69, 9.17) is 9.84 Å². The summed E-state index contributed by atoms with van der Waals surface area (Å²) in [5.41, 5.74) is 3.25. The summed E-state index contributed by atoms with van der Waals surface area (Å²) < 4.78 is 45.9. The molecule has 176 valence electrons. The molecule has 0 spiro atoms. The summed E-state index contributed by atoms with van der Waals surface area (Å²) in [5.74, 6) is -1.42. The molecule has 0 amide bonds. The largest absolute Gasteiger partial charge is 0.468 e. The van der Waals surface area contributed by atoms with Crippen molar-refractivity contribution in [2.75, 3.05) is 26.7 Å². The fourth-order valence-corrected chi connectivity index (χ4v) is 5.40. The summed E-state index contributed by atoms with van der Waals surface area (Å²) >= 11 is 0. The predicted molar refractivity (Wildman–Crippen MR) is 114 cm³/mol. The maximum atomic E-state index is 13.1. The molecule has 2 aromatic heterocycles. The standard InChI is InChI=1S/C23H31F3N4O2/c1-15-11-19(22(2)9-4-10-29(14-22)13-21(31)32-3)30-20(27-15)12-18(28-30)16-5-7-17(8-6-16)23(24,25)26/h11-12,16-17H,4-10,13-14H2,1-3H3/t16-,17-,22-/m1/s1. The molecule has 0 radical (unpaired) electrons. The predicted octanol–water partition coefficient (Wildman–Crippen LogP) is 4.40. The van der Waals surface area contributed by atoms with Crippen molar-refractivity contribution in [2.45, 2.75) is 69.9 Å². The Bertz CT molecular complexity index is 982. The number of aromatic nitrogens is 3. The molecule has 2 aliphatic rings. The van der Waals surface area contributed by atoms with Gasteiger partial charge in [0.15, 0.2) is 5.65 Å². The first-order chi connectivity index (χ1) is 15.1. The van der Waals surface area contributed by atoms with E-state index in [1.807, 2.05) is 23.6 Å². The van der Waals surface area contributed by atoms with Gasteiger partial charge in [0.2, 0.25) is 0 Å².